The molecule has 226 valence electrons. The number of fused-ring (bicyclic) bond motifs is 1. The van der Waals surface area contributed by atoms with Crippen molar-refractivity contribution in [3.63, 3.8) is 0 Å². The minimum absolute atomic E-state index is 0.00400. The van der Waals surface area contributed by atoms with Crippen molar-refractivity contribution in [2.45, 2.75) is 6.92 Å². The van der Waals surface area contributed by atoms with Crippen LogP contribution in [-0.2, 0) is 0 Å². The number of hydrogen-bond acceptors (Lipinski definition) is 7. The molecule has 3 aromatic carbocycles. The van der Waals surface area contributed by atoms with Gasteiger partial charge in [-0.1, -0.05) is 24.3 Å². The molecule has 2 amide bonds. The van der Waals surface area contributed by atoms with Gasteiger partial charge in [0.2, 0.25) is 0 Å². The summed E-state index contributed by atoms with van der Waals surface area (Å²) in [5.74, 6) is -2.90. The van der Waals surface area contributed by atoms with E-state index in [9.17, 15) is 34.2 Å². The summed E-state index contributed by atoms with van der Waals surface area (Å²) in [6, 6.07) is 17.5. The first kappa shape index (κ1) is 30.2. The summed E-state index contributed by atoms with van der Waals surface area (Å²) in [6.07, 6.45) is 4.94. The number of benzene rings is 3. The van der Waals surface area contributed by atoms with Crippen molar-refractivity contribution in [3.8, 4) is 0 Å². The second kappa shape index (κ2) is 12.1. The van der Waals surface area contributed by atoms with Gasteiger partial charge in [-0.3, -0.25) is 9.59 Å². The summed E-state index contributed by atoms with van der Waals surface area (Å²) in [5, 5.41) is 26.4. The van der Waals surface area contributed by atoms with Gasteiger partial charge in [0.25, 0.3) is 11.5 Å². The minimum Gasteiger partial charge on any atom is -0.478 e. The lowest BCUT2D eigenvalue weighted by Gasteiger charge is -2.12. The monoisotopic (exact) mass is 605 g/mol. The van der Waals surface area contributed by atoms with Gasteiger partial charge < -0.3 is 20.4 Å². The largest absolute Gasteiger partial charge is 0.478 e. The maximum absolute atomic E-state index is 13.9. The van der Waals surface area contributed by atoms with E-state index in [2.05, 4.69) is 10.4 Å². The average Bonchev–Trinajstić information content (AvgIpc) is 3.35. The van der Waals surface area contributed by atoms with Gasteiger partial charge in [-0.15, -0.1) is 5.10 Å². The Balaban J connectivity index is 1.62. The number of rotatable bonds is 7. The first-order valence-corrected chi connectivity index (χ1v) is 13.6. The quantitative estimate of drug-likeness (QED) is 0.289. The Kier molecular flexibility index (Phi) is 8.13. The van der Waals surface area contributed by atoms with Crippen LogP contribution in [0.4, 0.5) is 21.9 Å². The predicted octanol–water partition coefficient (Wildman–Crippen LogP) is 3.39. The Labute approximate surface area is 256 Å². The lowest BCUT2D eigenvalue weighted by atomic mass is 10.1. The van der Waals surface area contributed by atoms with Crippen molar-refractivity contribution in [2.24, 2.45) is 5.10 Å². The molecular weight excluding hydrogens is 578 g/mol. The van der Waals surface area contributed by atoms with Gasteiger partial charge in [-0.05, 0) is 84.8 Å². The molecule has 1 aromatic heterocycles. The van der Waals surface area contributed by atoms with Crippen molar-refractivity contribution in [1.82, 2.24) is 4.57 Å². The first-order valence-electron chi connectivity index (χ1n) is 13.6. The van der Waals surface area contributed by atoms with Gasteiger partial charge in [0, 0.05) is 30.7 Å². The third-order valence-corrected chi connectivity index (χ3v) is 7.15. The number of anilines is 3. The molecule has 0 saturated heterocycles. The molecule has 0 bridgehead atoms. The van der Waals surface area contributed by atoms with Crippen LogP contribution in [0.15, 0.2) is 88.8 Å². The van der Waals surface area contributed by atoms with E-state index in [-0.39, 0.29) is 38.8 Å². The average molecular weight is 606 g/mol. The van der Waals surface area contributed by atoms with Gasteiger partial charge in [-0.2, -0.15) is 5.01 Å². The fourth-order valence-corrected chi connectivity index (χ4v) is 4.71. The molecule has 1 aliphatic heterocycles. The number of amides is 2. The van der Waals surface area contributed by atoms with E-state index in [1.54, 1.807) is 19.1 Å². The first-order chi connectivity index (χ1) is 21.5. The second-order valence-electron chi connectivity index (χ2n) is 10.3. The fourth-order valence-electron chi connectivity index (χ4n) is 4.71. The Bertz CT molecular complexity index is 2060. The number of aromatic nitrogens is 1. The zero-order valence-corrected chi connectivity index (χ0v) is 24.4. The molecule has 3 N–H and O–H groups in total. The number of hydrogen-bond donors (Lipinski definition) is 3. The smallest absolute Gasteiger partial charge is 0.335 e. The van der Waals surface area contributed by atoms with Crippen molar-refractivity contribution in [3.05, 3.63) is 128 Å². The fraction of sp³-hybridized carbons (Fsp3) is 0.0909. The molecule has 0 unspecified atom stereocenters. The number of nitrogens with one attached hydrogen (secondary N) is 1. The van der Waals surface area contributed by atoms with E-state index < -0.39 is 29.4 Å². The van der Waals surface area contributed by atoms with E-state index in [0.717, 1.165) is 20.8 Å². The Morgan fingerprint density at radius 1 is 0.844 bits per heavy atom. The lowest BCUT2D eigenvalue weighted by molar-refractivity contribution is 0.0686. The third-order valence-electron chi connectivity index (χ3n) is 7.15. The van der Waals surface area contributed by atoms with E-state index in [0.29, 0.717) is 5.56 Å². The van der Waals surface area contributed by atoms with Crippen LogP contribution in [-0.4, -0.2) is 52.8 Å². The van der Waals surface area contributed by atoms with Crippen LogP contribution in [0.5, 0.6) is 0 Å². The zero-order chi connectivity index (χ0) is 32.4. The van der Waals surface area contributed by atoms with Crippen LogP contribution in [0.2, 0.25) is 0 Å². The van der Waals surface area contributed by atoms with E-state index in [4.69, 9.17) is 0 Å². The molecule has 0 spiro atoms. The molecule has 5 rings (SSSR count). The van der Waals surface area contributed by atoms with Crippen molar-refractivity contribution in [1.29, 1.82) is 0 Å². The molecular formula is C33H27N5O7. The molecule has 1 aliphatic rings. The molecule has 0 saturated carbocycles. The molecule has 0 fully saturated rings. The predicted molar refractivity (Wildman–Crippen MR) is 169 cm³/mol. The topological polar surface area (TPSA) is 162 Å². The van der Waals surface area contributed by atoms with Gasteiger partial charge in [0.15, 0.2) is 5.49 Å². The summed E-state index contributed by atoms with van der Waals surface area (Å²) in [6.45, 7) is 1.59. The summed E-state index contributed by atoms with van der Waals surface area (Å²) < 4.78 is 0.752. The van der Waals surface area contributed by atoms with Gasteiger partial charge >= 0.3 is 18.0 Å². The summed E-state index contributed by atoms with van der Waals surface area (Å²) >= 11 is 0. The number of pyridine rings is 1. The highest BCUT2D eigenvalue weighted by Crippen LogP contribution is 2.21. The number of carbonyl (C=O) groups is 4. The number of allylic oxidation sites excluding steroid dienone is 1. The van der Waals surface area contributed by atoms with E-state index in [1.807, 2.05) is 43.3 Å². The van der Waals surface area contributed by atoms with Crippen LogP contribution in [0.25, 0.3) is 12.2 Å². The van der Waals surface area contributed by atoms with Gasteiger partial charge in [0.05, 0.1) is 22.4 Å². The van der Waals surface area contributed by atoms with Crippen LogP contribution in [0.3, 0.4) is 0 Å². The standard InChI is InChI=1S/C33H27N5O7/c1-19-26(6-4-5-20-7-15-24(16-8-20)36(2)3)29(39)37(33(45)34-23-13-9-21(10-14-23)31(41)42)28-27(19)30(40)38(35-28)25-17-11-22(12-18-25)32(43)44/h4-18H,1-3H3,(H,34,45)(H,41,42)(H,43,44)/b5-4?,26-6-. The maximum atomic E-state index is 13.9. The highest BCUT2D eigenvalue weighted by atomic mass is 16.4. The molecule has 0 radical (unpaired) electrons. The second-order valence-corrected chi connectivity index (χ2v) is 10.3. The Morgan fingerprint density at radius 2 is 1.42 bits per heavy atom. The summed E-state index contributed by atoms with van der Waals surface area (Å²) in [5.41, 5.74) is 1.71. The molecule has 2 heterocycles. The Morgan fingerprint density at radius 3 is 1.98 bits per heavy atom. The molecule has 12 nitrogen and oxygen atoms in total. The van der Waals surface area contributed by atoms with Crippen LogP contribution in [0, 0.1) is 6.92 Å². The highest BCUT2D eigenvalue weighted by Gasteiger charge is 2.32. The number of carbonyl (C=O) groups excluding carboxylic acids is 2. The number of nitrogens with zero attached hydrogens (tertiary/aromatic N) is 4. The van der Waals surface area contributed by atoms with E-state index in [1.165, 1.54) is 54.6 Å². The van der Waals surface area contributed by atoms with Gasteiger partial charge in [0.1, 0.15) is 0 Å². The van der Waals surface area contributed by atoms with Crippen molar-refractivity contribution in [2.75, 3.05) is 29.3 Å². The maximum Gasteiger partial charge on any atom is 0.335 e. The van der Waals surface area contributed by atoms with Crippen molar-refractivity contribution >= 4 is 53.1 Å². The molecule has 0 aliphatic carbocycles. The molecule has 12 heteroatoms. The highest BCUT2D eigenvalue weighted by molar-refractivity contribution is 6.08. The lowest BCUT2D eigenvalue weighted by Crippen LogP contribution is -2.50. The number of carboxylic acid groups (broad SMARTS) is 2. The molecule has 0 atom stereocenters. The minimum atomic E-state index is -1.14. The normalized spacial score (nSPS) is 12.6. The molecule has 45 heavy (non-hydrogen) atoms. The van der Waals surface area contributed by atoms with Crippen molar-refractivity contribution < 1.29 is 29.4 Å². The van der Waals surface area contributed by atoms with Gasteiger partial charge in [-0.25, -0.2) is 19.0 Å². The number of aromatic carboxylic acids is 2. The zero-order valence-electron chi connectivity index (χ0n) is 24.4. The van der Waals surface area contributed by atoms with E-state index >= 15 is 0 Å². The summed E-state index contributed by atoms with van der Waals surface area (Å²) in [4.78, 5) is 65.6. The SMILES string of the molecule is Cc1c2c(n(C(=O)Nc3ccc(C(=O)O)cc3)c(=O)/c1=C\C=Cc1ccc(N(C)C)cc1)=NN(c1ccc(C(=O)O)cc1)C2=O. The number of carboxylic acids is 2. The Hall–Kier alpha value is -6.30. The third kappa shape index (κ3) is 5.97. The van der Waals surface area contributed by atoms with Crippen LogP contribution in [0.1, 0.15) is 42.2 Å². The molecule has 4 aromatic rings. The van der Waals surface area contributed by atoms with Crippen LogP contribution >= 0.6 is 0 Å². The van der Waals surface area contributed by atoms with Crippen LogP contribution < -0.4 is 31.5 Å². The summed E-state index contributed by atoms with van der Waals surface area (Å²) in [7, 11) is 3.86.